The van der Waals surface area contributed by atoms with Gasteiger partial charge in [-0.05, 0) is 32.4 Å². The number of amides is 1. The second-order valence-electron chi connectivity index (χ2n) is 10.5. The van der Waals surface area contributed by atoms with Crippen LogP contribution in [0.1, 0.15) is 48.6 Å². The smallest absolute Gasteiger partial charge is 0.408 e. The molecule has 198 valence electrons. The van der Waals surface area contributed by atoms with Crippen molar-refractivity contribution in [1.29, 1.82) is 0 Å². The van der Waals surface area contributed by atoms with E-state index in [2.05, 4.69) is 10.3 Å². The van der Waals surface area contributed by atoms with E-state index in [1.807, 2.05) is 111 Å². The van der Waals surface area contributed by atoms with Crippen molar-refractivity contribution in [2.24, 2.45) is 0 Å². The summed E-state index contributed by atoms with van der Waals surface area (Å²) in [6, 6.07) is 26.5. The van der Waals surface area contributed by atoms with Gasteiger partial charge in [-0.2, -0.15) is 0 Å². The number of nitrogens with one attached hydrogen (secondary N) is 2. The van der Waals surface area contributed by atoms with Gasteiger partial charge >= 0.3 is 6.09 Å². The van der Waals surface area contributed by atoms with Gasteiger partial charge in [-0.25, -0.2) is 9.78 Å². The fourth-order valence-electron chi connectivity index (χ4n) is 4.63. The fourth-order valence-corrected chi connectivity index (χ4v) is 4.63. The van der Waals surface area contributed by atoms with Gasteiger partial charge in [0.05, 0.1) is 18.3 Å². The molecule has 7 heteroatoms. The van der Waals surface area contributed by atoms with Crippen molar-refractivity contribution in [2.75, 3.05) is 0 Å². The number of benzene rings is 3. The van der Waals surface area contributed by atoms with Crippen LogP contribution in [-0.4, -0.2) is 32.0 Å². The number of H-pyrrole nitrogens is 1. The lowest BCUT2D eigenvalue weighted by molar-refractivity contribution is 0.0500. The van der Waals surface area contributed by atoms with E-state index in [1.54, 1.807) is 12.1 Å². The van der Waals surface area contributed by atoms with Crippen molar-refractivity contribution >= 4 is 22.8 Å². The van der Waals surface area contributed by atoms with Gasteiger partial charge < -0.3 is 19.6 Å². The Balaban J connectivity index is 1.56. The minimum atomic E-state index is -0.663. The SMILES string of the molecule is CC(C)(C)OC(=O)NC(Cc1c[nH]c2ccccc12)c1nc(-c2ccccc2)cn1CC(=O)c1ccccc1. The Kier molecular flexibility index (Phi) is 7.32. The maximum absolute atomic E-state index is 13.3. The van der Waals surface area contributed by atoms with Gasteiger partial charge in [-0.15, -0.1) is 0 Å². The molecule has 3 aromatic carbocycles. The molecule has 1 amide bonds. The predicted octanol–water partition coefficient (Wildman–Crippen LogP) is 6.72. The van der Waals surface area contributed by atoms with Crippen LogP contribution in [-0.2, 0) is 17.7 Å². The van der Waals surface area contributed by atoms with Crippen LogP contribution in [0, 0.1) is 0 Å². The number of alkyl carbamates (subject to hydrolysis) is 1. The Hall–Kier alpha value is -4.65. The summed E-state index contributed by atoms with van der Waals surface area (Å²) in [7, 11) is 0. The summed E-state index contributed by atoms with van der Waals surface area (Å²) in [4.78, 5) is 34.6. The first-order chi connectivity index (χ1) is 18.8. The zero-order chi connectivity index (χ0) is 27.4. The number of fused-ring (bicyclic) bond motifs is 1. The predicted molar refractivity (Wildman–Crippen MR) is 153 cm³/mol. The second kappa shape index (κ2) is 11.0. The highest BCUT2D eigenvalue weighted by Gasteiger charge is 2.27. The molecule has 2 N–H and O–H groups in total. The van der Waals surface area contributed by atoms with Gasteiger partial charge in [0.15, 0.2) is 5.78 Å². The molecule has 0 bridgehead atoms. The number of aromatic nitrogens is 3. The average molecular weight is 521 g/mol. The van der Waals surface area contributed by atoms with E-state index in [4.69, 9.17) is 9.72 Å². The molecule has 2 heterocycles. The van der Waals surface area contributed by atoms with Crippen LogP contribution in [0.2, 0.25) is 0 Å². The van der Waals surface area contributed by atoms with E-state index in [-0.39, 0.29) is 12.3 Å². The summed E-state index contributed by atoms with van der Waals surface area (Å²) in [6.45, 7) is 5.57. The first-order valence-corrected chi connectivity index (χ1v) is 13.0. The highest BCUT2D eigenvalue weighted by Crippen LogP contribution is 2.28. The van der Waals surface area contributed by atoms with Crippen molar-refractivity contribution in [3.63, 3.8) is 0 Å². The Morgan fingerprint density at radius 3 is 2.33 bits per heavy atom. The quantitative estimate of drug-likeness (QED) is 0.222. The second-order valence-corrected chi connectivity index (χ2v) is 10.5. The maximum atomic E-state index is 13.3. The molecule has 0 aliphatic rings. The van der Waals surface area contributed by atoms with Gasteiger partial charge in [0.25, 0.3) is 0 Å². The summed E-state index contributed by atoms with van der Waals surface area (Å²) in [6.07, 6.45) is 3.74. The van der Waals surface area contributed by atoms with Crippen LogP contribution in [0.4, 0.5) is 4.79 Å². The zero-order valence-electron chi connectivity index (χ0n) is 22.3. The van der Waals surface area contributed by atoms with Crippen LogP contribution < -0.4 is 5.32 Å². The Labute approximate surface area is 227 Å². The highest BCUT2D eigenvalue weighted by molar-refractivity contribution is 5.96. The summed E-state index contributed by atoms with van der Waals surface area (Å²) in [5.74, 6) is 0.534. The number of nitrogens with zero attached hydrogens (tertiary/aromatic N) is 2. The molecular formula is C32H32N4O3. The number of Topliss-reactive ketones (excluding diaryl/α,β-unsaturated/α-hetero) is 1. The number of rotatable bonds is 8. The van der Waals surface area contributed by atoms with Gasteiger partial charge in [-0.1, -0.05) is 78.9 Å². The summed E-state index contributed by atoms with van der Waals surface area (Å²) in [5.41, 5.74) is 3.64. The summed E-state index contributed by atoms with van der Waals surface area (Å²) in [5, 5.41) is 4.11. The molecule has 39 heavy (non-hydrogen) atoms. The molecule has 1 atom stereocenters. The van der Waals surface area contributed by atoms with Crippen molar-refractivity contribution in [3.8, 4) is 11.3 Å². The van der Waals surface area contributed by atoms with Crippen LogP contribution in [0.15, 0.2) is 97.3 Å². The monoisotopic (exact) mass is 520 g/mol. The summed E-state index contributed by atoms with van der Waals surface area (Å²) < 4.78 is 7.46. The molecule has 0 fully saturated rings. The lowest BCUT2D eigenvalue weighted by Crippen LogP contribution is -2.37. The number of carbonyl (C=O) groups is 2. The third-order valence-corrected chi connectivity index (χ3v) is 6.39. The first kappa shape index (κ1) is 26.0. The van der Waals surface area contributed by atoms with Crippen molar-refractivity contribution in [1.82, 2.24) is 19.9 Å². The van der Waals surface area contributed by atoms with Gasteiger partial charge in [-0.3, -0.25) is 4.79 Å². The molecule has 0 radical (unpaired) electrons. The third kappa shape index (κ3) is 6.26. The molecule has 1 unspecified atom stereocenters. The van der Waals surface area contributed by atoms with Crippen LogP contribution in [0.25, 0.3) is 22.2 Å². The zero-order valence-corrected chi connectivity index (χ0v) is 22.3. The maximum Gasteiger partial charge on any atom is 0.408 e. The molecule has 0 aliphatic carbocycles. The molecule has 0 aliphatic heterocycles. The van der Waals surface area contributed by atoms with E-state index >= 15 is 0 Å². The number of aromatic amines is 1. The summed E-state index contributed by atoms with van der Waals surface area (Å²) >= 11 is 0. The first-order valence-electron chi connectivity index (χ1n) is 13.0. The van der Waals surface area contributed by atoms with Crippen LogP contribution in [0.5, 0.6) is 0 Å². The largest absolute Gasteiger partial charge is 0.444 e. The van der Waals surface area contributed by atoms with Crippen molar-refractivity contribution in [2.45, 2.75) is 45.4 Å². The van der Waals surface area contributed by atoms with E-state index in [1.165, 1.54) is 0 Å². The van der Waals surface area contributed by atoms with Crippen LogP contribution >= 0.6 is 0 Å². The normalized spacial score (nSPS) is 12.3. The number of para-hydroxylation sites is 1. The van der Waals surface area contributed by atoms with Gasteiger partial charge in [0.2, 0.25) is 0 Å². The number of carbonyl (C=O) groups excluding carboxylic acids is 2. The molecule has 5 aromatic rings. The van der Waals surface area contributed by atoms with E-state index < -0.39 is 17.7 Å². The lowest BCUT2D eigenvalue weighted by Gasteiger charge is -2.24. The van der Waals surface area contributed by atoms with Crippen molar-refractivity contribution in [3.05, 3.63) is 114 Å². The van der Waals surface area contributed by atoms with Crippen LogP contribution in [0.3, 0.4) is 0 Å². The van der Waals surface area contributed by atoms with Gasteiger partial charge in [0.1, 0.15) is 11.4 Å². The number of hydrogen-bond acceptors (Lipinski definition) is 4. The molecule has 5 rings (SSSR count). The fraction of sp³-hybridized carbons (Fsp3) is 0.219. The number of imidazole rings is 1. The molecule has 2 aromatic heterocycles. The molecule has 0 saturated carbocycles. The van der Waals surface area contributed by atoms with E-state index in [9.17, 15) is 9.59 Å². The van der Waals surface area contributed by atoms with E-state index in [0.717, 1.165) is 27.7 Å². The highest BCUT2D eigenvalue weighted by atomic mass is 16.6. The average Bonchev–Trinajstić information content (AvgIpc) is 3.53. The molecule has 0 saturated heterocycles. The Morgan fingerprint density at radius 1 is 0.949 bits per heavy atom. The minimum absolute atomic E-state index is 0.0445. The molecule has 0 spiro atoms. The third-order valence-electron chi connectivity index (χ3n) is 6.39. The Bertz CT molecular complexity index is 1580. The Morgan fingerprint density at radius 2 is 1.62 bits per heavy atom. The van der Waals surface area contributed by atoms with Crippen molar-refractivity contribution < 1.29 is 14.3 Å². The number of ether oxygens (including phenoxy) is 1. The molecular weight excluding hydrogens is 488 g/mol. The minimum Gasteiger partial charge on any atom is -0.444 e. The topological polar surface area (TPSA) is 89.0 Å². The van der Waals surface area contributed by atoms with E-state index in [0.29, 0.717) is 17.8 Å². The lowest BCUT2D eigenvalue weighted by atomic mass is 10.0. The van der Waals surface area contributed by atoms with Gasteiger partial charge in [0, 0.05) is 40.8 Å². The standard InChI is InChI=1S/C32H32N4O3/c1-32(2,3)39-31(38)35-27(18-24-19-33-26-17-11-10-16-25(24)26)30-34-28(22-12-6-4-7-13-22)20-36(30)21-29(37)23-14-8-5-9-15-23/h4-17,19-20,27,33H,18,21H2,1-3H3,(H,35,38). The number of hydrogen-bond donors (Lipinski definition) is 2. The molecule has 7 nitrogen and oxygen atoms in total. The number of ketones is 1.